The van der Waals surface area contributed by atoms with E-state index in [-0.39, 0.29) is 11.8 Å². The maximum absolute atomic E-state index is 12.5. The van der Waals surface area contributed by atoms with Gasteiger partial charge in [0.05, 0.1) is 0 Å². The Hall–Kier alpha value is -2.05. The highest BCUT2D eigenvalue weighted by atomic mass is 16.2. The van der Waals surface area contributed by atoms with Crippen molar-refractivity contribution in [1.29, 1.82) is 0 Å². The summed E-state index contributed by atoms with van der Waals surface area (Å²) in [6, 6.07) is 0. The molecule has 1 N–H and O–H groups in total. The molecular weight excluding hydrogens is 402 g/mol. The number of hydrogen-bond donors (Lipinski definition) is 1. The highest BCUT2D eigenvalue weighted by Gasteiger charge is 2.23. The van der Waals surface area contributed by atoms with E-state index in [0.29, 0.717) is 44.9 Å². The van der Waals surface area contributed by atoms with Gasteiger partial charge in [-0.25, -0.2) is 0 Å². The zero-order chi connectivity index (χ0) is 23.8. The van der Waals surface area contributed by atoms with Crippen molar-refractivity contribution in [2.24, 2.45) is 10.9 Å². The zero-order valence-corrected chi connectivity index (χ0v) is 21.1. The van der Waals surface area contributed by atoms with E-state index in [1.165, 1.54) is 12.8 Å². The summed E-state index contributed by atoms with van der Waals surface area (Å²) in [6.07, 6.45) is 10.8. The SMILES string of the molecule is C=CCCCCCN(C)C(=NC)NCCCCCC(=O)N1CCN(C(=O)CC(C)C)CC1. The summed E-state index contributed by atoms with van der Waals surface area (Å²) < 4.78 is 0. The third kappa shape index (κ3) is 11.5. The molecule has 1 heterocycles. The average Bonchev–Trinajstić information content (AvgIpc) is 2.77. The van der Waals surface area contributed by atoms with Gasteiger partial charge in [0.25, 0.3) is 0 Å². The number of aliphatic imine (C=N–C) groups is 1. The molecule has 7 nitrogen and oxygen atoms in total. The molecule has 1 aliphatic rings. The lowest BCUT2D eigenvalue weighted by Crippen LogP contribution is -2.50. The fourth-order valence-corrected chi connectivity index (χ4v) is 3.92. The minimum atomic E-state index is 0.216. The predicted molar refractivity (Wildman–Crippen MR) is 134 cm³/mol. The number of nitrogens with zero attached hydrogens (tertiary/aromatic N) is 4. The number of piperazine rings is 1. The quantitative estimate of drug-likeness (QED) is 0.191. The maximum atomic E-state index is 12.5. The molecule has 2 amide bonds. The van der Waals surface area contributed by atoms with Crippen molar-refractivity contribution in [3.05, 3.63) is 12.7 Å². The van der Waals surface area contributed by atoms with E-state index in [4.69, 9.17) is 0 Å². The molecule has 0 bridgehead atoms. The second kappa shape index (κ2) is 16.6. The highest BCUT2D eigenvalue weighted by molar-refractivity contribution is 5.79. The van der Waals surface area contributed by atoms with Crippen LogP contribution in [0.4, 0.5) is 0 Å². The molecule has 1 fully saturated rings. The van der Waals surface area contributed by atoms with Crippen LogP contribution < -0.4 is 5.32 Å². The molecule has 184 valence electrons. The summed E-state index contributed by atoms with van der Waals surface area (Å²) in [5.74, 6) is 1.76. The van der Waals surface area contributed by atoms with Crippen LogP contribution in [0.15, 0.2) is 17.6 Å². The normalized spacial score (nSPS) is 14.6. The zero-order valence-electron chi connectivity index (χ0n) is 21.1. The smallest absolute Gasteiger partial charge is 0.222 e. The molecule has 1 rings (SSSR count). The Kier molecular flexibility index (Phi) is 14.5. The summed E-state index contributed by atoms with van der Waals surface area (Å²) in [4.78, 5) is 35.0. The number of rotatable bonds is 14. The molecule has 0 aromatic carbocycles. The van der Waals surface area contributed by atoms with Crippen LogP contribution in [0.5, 0.6) is 0 Å². The van der Waals surface area contributed by atoms with E-state index in [9.17, 15) is 9.59 Å². The van der Waals surface area contributed by atoms with Crippen LogP contribution in [0, 0.1) is 5.92 Å². The standard InChI is InChI=1S/C25H47N5O2/c1-6-7-8-9-13-16-28(5)25(26-4)27-15-12-10-11-14-23(31)29-17-19-30(20-18-29)24(32)21-22(2)3/h6,22H,1,7-21H2,2-5H3,(H,26,27). The number of carbonyl (C=O) groups excluding carboxylic acids is 2. The molecule has 0 radical (unpaired) electrons. The van der Waals surface area contributed by atoms with Gasteiger partial charge >= 0.3 is 0 Å². The van der Waals surface area contributed by atoms with Crippen molar-refractivity contribution in [1.82, 2.24) is 20.0 Å². The number of hydrogen-bond acceptors (Lipinski definition) is 3. The molecular formula is C25H47N5O2. The largest absolute Gasteiger partial charge is 0.356 e. The maximum Gasteiger partial charge on any atom is 0.222 e. The molecule has 0 spiro atoms. The van der Waals surface area contributed by atoms with Crippen LogP contribution in [0.25, 0.3) is 0 Å². The third-order valence-corrected chi connectivity index (χ3v) is 5.89. The van der Waals surface area contributed by atoms with Crippen LogP contribution in [0.3, 0.4) is 0 Å². The predicted octanol–water partition coefficient (Wildman–Crippen LogP) is 3.52. The van der Waals surface area contributed by atoms with Crippen LogP contribution in [0.1, 0.15) is 71.6 Å². The number of nitrogens with one attached hydrogen (secondary N) is 1. The van der Waals surface area contributed by atoms with Gasteiger partial charge in [0.1, 0.15) is 0 Å². The van der Waals surface area contributed by atoms with Gasteiger partial charge in [0.2, 0.25) is 11.8 Å². The molecule has 0 aromatic rings. The van der Waals surface area contributed by atoms with Crippen LogP contribution >= 0.6 is 0 Å². The number of guanidine groups is 1. The van der Waals surface area contributed by atoms with Gasteiger partial charge < -0.3 is 20.0 Å². The Morgan fingerprint density at radius 2 is 1.62 bits per heavy atom. The van der Waals surface area contributed by atoms with Crippen LogP contribution in [-0.2, 0) is 9.59 Å². The number of unbranched alkanes of at least 4 members (excludes halogenated alkanes) is 5. The molecule has 0 aliphatic carbocycles. The van der Waals surface area contributed by atoms with Crippen molar-refractivity contribution >= 4 is 17.8 Å². The number of allylic oxidation sites excluding steroid dienone is 1. The lowest BCUT2D eigenvalue weighted by atomic mass is 10.1. The Labute approximate surface area is 196 Å². The first-order valence-corrected chi connectivity index (χ1v) is 12.5. The monoisotopic (exact) mass is 449 g/mol. The van der Waals surface area contributed by atoms with E-state index in [1.54, 1.807) is 0 Å². The minimum absolute atomic E-state index is 0.216. The average molecular weight is 450 g/mol. The van der Waals surface area contributed by atoms with Gasteiger partial charge in [-0.3, -0.25) is 14.6 Å². The molecule has 7 heteroatoms. The van der Waals surface area contributed by atoms with E-state index in [1.807, 2.05) is 22.9 Å². The Morgan fingerprint density at radius 3 is 2.22 bits per heavy atom. The molecule has 0 atom stereocenters. The van der Waals surface area contributed by atoms with Crippen molar-refractivity contribution < 1.29 is 9.59 Å². The van der Waals surface area contributed by atoms with Gasteiger partial charge in [-0.05, 0) is 38.0 Å². The molecule has 0 unspecified atom stereocenters. The van der Waals surface area contributed by atoms with E-state index in [2.05, 4.69) is 42.7 Å². The van der Waals surface area contributed by atoms with E-state index >= 15 is 0 Å². The first kappa shape index (κ1) is 28.0. The third-order valence-electron chi connectivity index (χ3n) is 5.89. The minimum Gasteiger partial charge on any atom is -0.356 e. The van der Waals surface area contributed by atoms with Gasteiger partial charge in [0, 0.05) is 66.2 Å². The molecule has 1 saturated heterocycles. The summed E-state index contributed by atoms with van der Waals surface area (Å²) >= 11 is 0. The number of carbonyl (C=O) groups is 2. The Balaban J connectivity index is 2.12. The number of amides is 2. The lowest BCUT2D eigenvalue weighted by molar-refractivity contribution is -0.140. The fourth-order valence-electron chi connectivity index (χ4n) is 3.92. The molecule has 0 aromatic heterocycles. The van der Waals surface area contributed by atoms with E-state index < -0.39 is 0 Å². The highest BCUT2D eigenvalue weighted by Crippen LogP contribution is 2.10. The summed E-state index contributed by atoms with van der Waals surface area (Å²) in [7, 11) is 3.91. The lowest BCUT2D eigenvalue weighted by Gasteiger charge is -2.35. The molecule has 32 heavy (non-hydrogen) atoms. The summed E-state index contributed by atoms with van der Waals surface area (Å²) in [5, 5.41) is 3.43. The first-order valence-electron chi connectivity index (χ1n) is 12.5. The molecule has 1 aliphatic heterocycles. The first-order chi connectivity index (χ1) is 15.4. The Morgan fingerprint density at radius 1 is 1.00 bits per heavy atom. The fraction of sp³-hybridized carbons (Fsp3) is 0.800. The summed E-state index contributed by atoms with van der Waals surface area (Å²) in [5.41, 5.74) is 0. The second-order valence-corrected chi connectivity index (χ2v) is 9.20. The second-order valence-electron chi connectivity index (χ2n) is 9.20. The van der Waals surface area contributed by atoms with Crippen molar-refractivity contribution in [2.75, 3.05) is 53.4 Å². The topological polar surface area (TPSA) is 68.2 Å². The van der Waals surface area contributed by atoms with E-state index in [0.717, 1.165) is 51.2 Å². The van der Waals surface area contributed by atoms with Crippen molar-refractivity contribution in [2.45, 2.75) is 71.6 Å². The Bertz CT molecular complexity index is 583. The van der Waals surface area contributed by atoms with Gasteiger partial charge in [-0.15, -0.1) is 6.58 Å². The molecule has 0 saturated carbocycles. The van der Waals surface area contributed by atoms with Crippen LogP contribution in [-0.4, -0.2) is 85.8 Å². The van der Waals surface area contributed by atoms with Crippen LogP contribution in [0.2, 0.25) is 0 Å². The van der Waals surface area contributed by atoms with Crippen molar-refractivity contribution in [3.63, 3.8) is 0 Å². The summed E-state index contributed by atoms with van der Waals surface area (Å²) in [6.45, 7) is 12.4. The van der Waals surface area contributed by atoms with Gasteiger partial charge in [-0.2, -0.15) is 0 Å². The van der Waals surface area contributed by atoms with Gasteiger partial charge in [0.15, 0.2) is 5.96 Å². The van der Waals surface area contributed by atoms with Crippen molar-refractivity contribution in [3.8, 4) is 0 Å². The van der Waals surface area contributed by atoms with Gasteiger partial charge in [-0.1, -0.05) is 32.8 Å².